The van der Waals surface area contributed by atoms with Crippen LogP contribution in [-0.2, 0) is 11.0 Å². The van der Waals surface area contributed by atoms with Crippen LogP contribution in [0.3, 0.4) is 0 Å². The lowest BCUT2D eigenvalue weighted by Gasteiger charge is -2.35. The number of hydrogen-bond donors (Lipinski definition) is 2. The maximum Gasteiger partial charge on any atom is 0.433 e. The van der Waals surface area contributed by atoms with Crippen LogP contribution in [0.5, 0.6) is 0 Å². The maximum atomic E-state index is 13.5. The Morgan fingerprint density at radius 1 is 0.952 bits per heavy atom. The molecule has 228 valence electrons. The molecule has 5 rings (SSSR count). The van der Waals surface area contributed by atoms with Gasteiger partial charge in [0, 0.05) is 42.9 Å². The molecule has 0 bridgehead atoms. The molecular weight excluding hydrogens is 547 g/mol. The Morgan fingerprint density at radius 3 is 2.31 bits per heavy atom. The topological polar surface area (TPSA) is 93.7 Å². The standard InChI is InChI=1S/C30H40F3N7O2/c1-38-17-14-24(15-18-38)39(2)28(42)20-8-11-25(12-9-20)40(29-34-16-13-26(36-29)30(31,32)33)37-23-10-7-21(19-23)27(41)35-22-5-3-4-6-22/h8-9,11-13,16,21-24,37H,3-7,10,14-15,17-19H2,1-2H3,(H,35,41). The number of aromatic nitrogens is 2. The number of hydrogen-bond acceptors (Lipinski definition) is 7. The number of rotatable bonds is 8. The molecule has 1 saturated heterocycles. The smallest absolute Gasteiger partial charge is 0.353 e. The lowest BCUT2D eigenvalue weighted by atomic mass is 10.0. The Balaban J connectivity index is 1.32. The molecule has 12 heteroatoms. The molecule has 9 nitrogen and oxygen atoms in total. The van der Waals surface area contributed by atoms with E-state index in [1.54, 1.807) is 29.2 Å². The van der Waals surface area contributed by atoms with Gasteiger partial charge >= 0.3 is 6.18 Å². The van der Waals surface area contributed by atoms with E-state index in [1.807, 2.05) is 7.05 Å². The highest BCUT2D eigenvalue weighted by Crippen LogP contribution is 2.32. The second-order valence-corrected chi connectivity index (χ2v) is 11.9. The van der Waals surface area contributed by atoms with Crippen molar-refractivity contribution in [3.8, 4) is 0 Å². The summed E-state index contributed by atoms with van der Waals surface area (Å²) in [5.74, 6) is -0.379. The van der Waals surface area contributed by atoms with Crippen LogP contribution in [0.2, 0.25) is 0 Å². The fourth-order valence-corrected chi connectivity index (χ4v) is 6.28. The van der Waals surface area contributed by atoms with Crippen molar-refractivity contribution >= 4 is 23.5 Å². The Bertz CT molecular complexity index is 1230. The van der Waals surface area contributed by atoms with Crippen LogP contribution in [0, 0.1) is 5.92 Å². The molecule has 2 aliphatic carbocycles. The molecule has 2 amide bonds. The first-order chi connectivity index (χ1) is 20.1. The van der Waals surface area contributed by atoms with Gasteiger partial charge in [-0.3, -0.25) is 9.59 Å². The minimum absolute atomic E-state index is 0.0460. The summed E-state index contributed by atoms with van der Waals surface area (Å²) < 4.78 is 40.6. The molecule has 1 aromatic carbocycles. The van der Waals surface area contributed by atoms with E-state index in [0.717, 1.165) is 63.9 Å². The van der Waals surface area contributed by atoms with Gasteiger partial charge in [-0.15, -0.1) is 0 Å². The van der Waals surface area contributed by atoms with Crippen LogP contribution >= 0.6 is 0 Å². The highest BCUT2D eigenvalue weighted by atomic mass is 19.4. The third-order valence-electron chi connectivity index (χ3n) is 8.88. The Labute approximate surface area is 244 Å². The molecule has 1 aromatic heterocycles. The van der Waals surface area contributed by atoms with Crippen LogP contribution in [0.15, 0.2) is 36.5 Å². The second-order valence-electron chi connectivity index (χ2n) is 11.9. The van der Waals surface area contributed by atoms with Gasteiger partial charge in [0.1, 0.15) is 5.69 Å². The molecule has 42 heavy (non-hydrogen) atoms. The van der Waals surface area contributed by atoms with Crippen LogP contribution in [-0.4, -0.2) is 76.9 Å². The molecular formula is C30H40F3N7O2. The molecule has 2 saturated carbocycles. The van der Waals surface area contributed by atoms with Crippen LogP contribution in [0.25, 0.3) is 0 Å². The van der Waals surface area contributed by atoms with E-state index in [0.29, 0.717) is 30.5 Å². The summed E-state index contributed by atoms with van der Waals surface area (Å²) in [4.78, 5) is 38.1. The van der Waals surface area contributed by atoms with Gasteiger partial charge in [0.15, 0.2) is 0 Å². The number of nitrogens with one attached hydrogen (secondary N) is 2. The van der Waals surface area contributed by atoms with Gasteiger partial charge < -0.3 is 15.1 Å². The molecule has 3 aliphatic rings. The van der Waals surface area contributed by atoms with E-state index in [2.05, 4.69) is 32.7 Å². The first-order valence-electron chi connectivity index (χ1n) is 14.9. The summed E-state index contributed by atoms with van der Waals surface area (Å²) in [6, 6.07) is 7.79. The first-order valence-corrected chi connectivity index (χ1v) is 14.9. The largest absolute Gasteiger partial charge is 0.433 e. The number of amides is 2. The minimum atomic E-state index is -4.63. The van der Waals surface area contributed by atoms with E-state index in [9.17, 15) is 22.8 Å². The molecule has 2 heterocycles. The van der Waals surface area contributed by atoms with E-state index >= 15 is 0 Å². The van der Waals surface area contributed by atoms with Gasteiger partial charge in [-0.25, -0.2) is 20.4 Å². The summed E-state index contributed by atoms with van der Waals surface area (Å²) in [7, 11) is 3.89. The lowest BCUT2D eigenvalue weighted by molar-refractivity contribution is -0.141. The maximum absolute atomic E-state index is 13.5. The van der Waals surface area contributed by atoms with Crippen molar-refractivity contribution < 1.29 is 22.8 Å². The van der Waals surface area contributed by atoms with Crippen LogP contribution < -0.4 is 15.8 Å². The average Bonchev–Trinajstić information content (AvgIpc) is 3.68. The average molecular weight is 588 g/mol. The van der Waals surface area contributed by atoms with Crippen molar-refractivity contribution in [3.63, 3.8) is 0 Å². The minimum Gasteiger partial charge on any atom is -0.353 e. The molecule has 0 spiro atoms. The molecule has 2 unspecified atom stereocenters. The fourth-order valence-electron chi connectivity index (χ4n) is 6.28. The summed E-state index contributed by atoms with van der Waals surface area (Å²) in [6.07, 6.45) is 4.45. The van der Waals surface area contributed by atoms with Crippen molar-refractivity contribution in [2.45, 2.75) is 82.1 Å². The number of alkyl halides is 3. The number of anilines is 2. The van der Waals surface area contributed by atoms with E-state index in [4.69, 9.17) is 0 Å². The number of piperidine rings is 1. The third kappa shape index (κ3) is 7.20. The van der Waals surface area contributed by atoms with E-state index in [-0.39, 0.29) is 41.8 Å². The first kappa shape index (κ1) is 30.2. The van der Waals surface area contributed by atoms with Gasteiger partial charge in [0.05, 0.1) is 5.69 Å². The monoisotopic (exact) mass is 587 g/mol. The van der Waals surface area contributed by atoms with Crippen LogP contribution in [0.4, 0.5) is 24.8 Å². The number of halogens is 3. The fraction of sp³-hybridized carbons (Fsp3) is 0.600. The molecule has 0 radical (unpaired) electrons. The Kier molecular flexibility index (Phi) is 9.32. The molecule has 1 aliphatic heterocycles. The van der Waals surface area contributed by atoms with Crippen molar-refractivity contribution in [2.75, 3.05) is 32.2 Å². The zero-order chi connectivity index (χ0) is 29.9. The Hall–Kier alpha value is -3.25. The summed E-state index contributed by atoms with van der Waals surface area (Å²) >= 11 is 0. The van der Waals surface area contributed by atoms with Gasteiger partial charge in [-0.05, 0) is 95.4 Å². The molecule has 3 fully saturated rings. The van der Waals surface area contributed by atoms with Crippen molar-refractivity contribution in [1.82, 2.24) is 30.5 Å². The predicted octanol–water partition coefficient (Wildman–Crippen LogP) is 4.53. The van der Waals surface area contributed by atoms with Crippen molar-refractivity contribution in [3.05, 3.63) is 47.8 Å². The third-order valence-corrected chi connectivity index (χ3v) is 8.88. The lowest BCUT2D eigenvalue weighted by Crippen LogP contribution is -2.44. The molecule has 2 aromatic rings. The zero-order valence-corrected chi connectivity index (χ0v) is 24.2. The van der Waals surface area contributed by atoms with Gasteiger partial charge in [0.2, 0.25) is 11.9 Å². The predicted molar refractivity (Wildman–Crippen MR) is 153 cm³/mol. The van der Waals surface area contributed by atoms with Crippen LogP contribution in [0.1, 0.15) is 73.8 Å². The Morgan fingerprint density at radius 2 is 1.64 bits per heavy atom. The van der Waals surface area contributed by atoms with Gasteiger partial charge in [-0.1, -0.05) is 12.8 Å². The summed E-state index contributed by atoms with van der Waals surface area (Å²) in [6.45, 7) is 1.87. The van der Waals surface area contributed by atoms with E-state index < -0.39 is 11.9 Å². The SMILES string of the molecule is CN1CCC(N(C)C(=O)c2ccc(N(NC3CCC(C(=O)NC4CCCC4)C3)c3nccc(C(F)(F)F)n3)cc2)CC1. The summed E-state index contributed by atoms with van der Waals surface area (Å²) in [5.41, 5.74) is 3.23. The normalized spacial score (nSPS) is 22.3. The van der Waals surface area contributed by atoms with Gasteiger partial charge in [-0.2, -0.15) is 13.2 Å². The van der Waals surface area contributed by atoms with Crippen molar-refractivity contribution in [2.24, 2.45) is 5.92 Å². The van der Waals surface area contributed by atoms with E-state index in [1.165, 1.54) is 5.01 Å². The number of nitrogens with zero attached hydrogens (tertiary/aromatic N) is 5. The number of carbonyl (C=O) groups excluding carboxylic acids is 2. The molecule has 2 N–H and O–H groups in total. The number of hydrazine groups is 1. The molecule has 2 atom stereocenters. The van der Waals surface area contributed by atoms with Gasteiger partial charge in [0.25, 0.3) is 5.91 Å². The quantitative estimate of drug-likeness (QED) is 0.439. The highest BCUT2D eigenvalue weighted by molar-refractivity contribution is 5.94. The zero-order valence-electron chi connectivity index (χ0n) is 24.2. The second kappa shape index (κ2) is 12.9. The highest BCUT2D eigenvalue weighted by Gasteiger charge is 2.35. The number of carbonyl (C=O) groups is 2. The summed E-state index contributed by atoms with van der Waals surface area (Å²) in [5, 5.41) is 4.60. The number of likely N-dealkylation sites (tertiary alicyclic amines) is 1. The van der Waals surface area contributed by atoms with Crippen molar-refractivity contribution in [1.29, 1.82) is 0 Å². The number of benzene rings is 1.